The van der Waals surface area contributed by atoms with Crippen molar-refractivity contribution in [2.24, 2.45) is 0 Å². The zero-order chi connectivity index (χ0) is 25.7. The Hall–Kier alpha value is -2.95. The van der Waals surface area contributed by atoms with E-state index in [2.05, 4.69) is 20.3 Å². The number of nitrogens with zero attached hydrogens (tertiary/aromatic N) is 1. The van der Waals surface area contributed by atoms with E-state index >= 15 is 0 Å². The average molecular weight is 551 g/mol. The highest BCUT2D eigenvalue weighted by molar-refractivity contribution is 7.92. The van der Waals surface area contributed by atoms with Crippen LogP contribution < -0.4 is 20.3 Å². The number of hydrogen-bond acceptors (Lipinski definition) is 4. The molecular weight excluding hydrogens is 526 g/mol. The van der Waals surface area contributed by atoms with E-state index in [0.717, 1.165) is 56.6 Å². The molecule has 1 heterocycles. The van der Waals surface area contributed by atoms with Gasteiger partial charge in [0, 0.05) is 19.2 Å². The SMILES string of the molecule is O=S(=O)(Nc1ccccc1Cl)c1ccc(N2CCCCCC2)c(NC(=S)Nc2ccc(F)cc2F)c1. The second-order valence-electron chi connectivity index (χ2n) is 8.37. The maximum atomic E-state index is 14.1. The predicted octanol–water partition coefficient (Wildman–Crippen LogP) is 6.61. The lowest BCUT2D eigenvalue weighted by Crippen LogP contribution is -2.27. The molecule has 36 heavy (non-hydrogen) atoms. The number of hydrogen-bond donors (Lipinski definition) is 3. The van der Waals surface area contributed by atoms with Crippen LogP contribution in [0.5, 0.6) is 0 Å². The first-order valence-electron chi connectivity index (χ1n) is 11.4. The summed E-state index contributed by atoms with van der Waals surface area (Å²) < 4.78 is 56.2. The summed E-state index contributed by atoms with van der Waals surface area (Å²) in [6.45, 7) is 1.62. The fourth-order valence-electron chi connectivity index (χ4n) is 3.98. The van der Waals surface area contributed by atoms with Gasteiger partial charge in [-0.05, 0) is 67.5 Å². The number of sulfonamides is 1. The Bertz CT molecular complexity index is 1360. The van der Waals surface area contributed by atoms with Crippen LogP contribution in [0.25, 0.3) is 0 Å². The molecule has 0 atom stereocenters. The second-order valence-corrected chi connectivity index (χ2v) is 10.9. The monoisotopic (exact) mass is 550 g/mol. The van der Waals surface area contributed by atoms with Gasteiger partial charge in [0.1, 0.15) is 11.6 Å². The fraction of sp³-hybridized carbons (Fsp3) is 0.240. The van der Waals surface area contributed by atoms with E-state index in [0.29, 0.717) is 5.69 Å². The van der Waals surface area contributed by atoms with Crippen LogP contribution in [-0.2, 0) is 10.0 Å². The minimum absolute atomic E-state index is 0.000690. The van der Waals surface area contributed by atoms with Crippen LogP contribution in [0.3, 0.4) is 0 Å². The first-order valence-corrected chi connectivity index (χ1v) is 13.7. The van der Waals surface area contributed by atoms with Crippen molar-refractivity contribution in [2.45, 2.75) is 30.6 Å². The van der Waals surface area contributed by atoms with E-state index < -0.39 is 21.7 Å². The van der Waals surface area contributed by atoms with Gasteiger partial charge >= 0.3 is 0 Å². The Morgan fingerprint density at radius 3 is 2.25 bits per heavy atom. The third kappa shape index (κ3) is 6.43. The van der Waals surface area contributed by atoms with Gasteiger partial charge in [-0.3, -0.25) is 4.72 Å². The Morgan fingerprint density at radius 2 is 1.56 bits per heavy atom. The summed E-state index contributed by atoms with van der Waals surface area (Å²) in [5, 5.41) is 6.02. The van der Waals surface area contributed by atoms with Crippen LogP contribution in [0.4, 0.5) is 31.5 Å². The molecule has 1 saturated heterocycles. The highest BCUT2D eigenvalue weighted by Gasteiger charge is 2.21. The van der Waals surface area contributed by atoms with Crippen LogP contribution in [-0.4, -0.2) is 26.6 Å². The third-order valence-electron chi connectivity index (χ3n) is 5.77. The average Bonchev–Trinajstić information content (AvgIpc) is 3.12. The number of nitrogens with one attached hydrogen (secondary N) is 3. The summed E-state index contributed by atoms with van der Waals surface area (Å²) in [6.07, 6.45) is 4.27. The lowest BCUT2D eigenvalue weighted by atomic mass is 10.2. The van der Waals surface area contributed by atoms with E-state index in [9.17, 15) is 17.2 Å². The Morgan fingerprint density at radius 1 is 0.861 bits per heavy atom. The first kappa shape index (κ1) is 26.1. The topological polar surface area (TPSA) is 73.5 Å². The van der Waals surface area contributed by atoms with E-state index in [-0.39, 0.29) is 26.4 Å². The third-order valence-corrected chi connectivity index (χ3v) is 7.67. The van der Waals surface area contributed by atoms with Crippen LogP contribution in [0.1, 0.15) is 25.7 Å². The van der Waals surface area contributed by atoms with Gasteiger partial charge in [0.15, 0.2) is 5.11 Å². The Kier molecular flexibility index (Phi) is 8.28. The number of halogens is 3. The molecule has 6 nitrogen and oxygen atoms in total. The summed E-state index contributed by atoms with van der Waals surface area (Å²) in [4.78, 5) is 2.17. The summed E-state index contributed by atoms with van der Waals surface area (Å²) in [5.41, 5.74) is 1.47. The summed E-state index contributed by atoms with van der Waals surface area (Å²) in [7, 11) is -3.98. The maximum absolute atomic E-state index is 14.1. The Labute approximate surface area is 219 Å². The van der Waals surface area contributed by atoms with E-state index in [1.54, 1.807) is 30.3 Å². The van der Waals surface area contributed by atoms with E-state index in [1.807, 2.05) is 0 Å². The van der Waals surface area contributed by atoms with E-state index in [4.69, 9.17) is 23.8 Å². The van der Waals surface area contributed by atoms with Gasteiger partial charge in [-0.2, -0.15) is 0 Å². The van der Waals surface area contributed by atoms with Gasteiger partial charge in [0.25, 0.3) is 10.0 Å². The van der Waals surface area contributed by atoms with Gasteiger partial charge in [0.05, 0.1) is 32.7 Å². The van der Waals surface area contributed by atoms with Gasteiger partial charge in [-0.15, -0.1) is 0 Å². The van der Waals surface area contributed by atoms with Gasteiger partial charge < -0.3 is 15.5 Å². The minimum atomic E-state index is -3.98. The van der Waals surface area contributed by atoms with Gasteiger partial charge in [-0.25, -0.2) is 17.2 Å². The van der Waals surface area contributed by atoms with Crippen LogP contribution in [0.15, 0.2) is 65.6 Å². The molecule has 0 unspecified atom stereocenters. The normalized spacial score (nSPS) is 14.1. The predicted molar refractivity (Wildman–Crippen MR) is 146 cm³/mol. The second kappa shape index (κ2) is 11.4. The molecular formula is C25H25ClF2N4O2S2. The molecule has 0 aliphatic carbocycles. The Balaban J connectivity index is 1.65. The first-order chi connectivity index (χ1) is 17.2. The van der Waals surface area contributed by atoms with Crippen LogP contribution >= 0.6 is 23.8 Å². The lowest BCUT2D eigenvalue weighted by molar-refractivity contribution is 0.586. The smallest absolute Gasteiger partial charge is 0.262 e. The number of benzene rings is 3. The molecule has 1 aliphatic heterocycles. The molecule has 0 bridgehead atoms. The van der Waals surface area contributed by atoms with Gasteiger partial charge in [0.2, 0.25) is 0 Å². The van der Waals surface area contributed by atoms with Gasteiger partial charge in [-0.1, -0.05) is 36.6 Å². The van der Waals surface area contributed by atoms with Crippen molar-refractivity contribution in [2.75, 3.05) is 33.3 Å². The van der Waals surface area contributed by atoms with Crippen LogP contribution in [0, 0.1) is 11.6 Å². The molecule has 1 aliphatic rings. The fourth-order valence-corrected chi connectivity index (χ4v) is 5.55. The van der Waals surface area contributed by atoms with Crippen molar-refractivity contribution in [3.8, 4) is 0 Å². The van der Waals surface area contributed by atoms with Crippen molar-refractivity contribution in [3.05, 3.63) is 77.3 Å². The highest BCUT2D eigenvalue weighted by Crippen LogP contribution is 2.32. The molecule has 0 amide bonds. The van der Waals surface area contributed by atoms with Crippen molar-refractivity contribution in [3.63, 3.8) is 0 Å². The molecule has 0 spiro atoms. The van der Waals surface area contributed by atoms with Crippen molar-refractivity contribution in [1.82, 2.24) is 0 Å². The van der Waals surface area contributed by atoms with Crippen molar-refractivity contribution >= 4 is 61.7 Å². The standard InChI is InChI=1S/C25H25ClF2N4O2S2/c26-19-7-3-4-8-21(19)31-36(33,34)18-10-12-24(32-13-5-1-2-6-14-32)23(16-18)30-25(35)29-22-11-9-17(27)15-20(22)28/h3-4,7-12,15-16,31H,1-2,5-6,13-14H2,(H2,29,30,35). The minimum Gasteiger partial charge on any atom is -0.370 e. The molecule has 4 rings (SSSR count). The lowest BCUT2D eigenvalue weighted by Gasteiger charge is -2.26. The highest BCUT2D eigenvalue weighted by atomic mass is 35.5. The summed E-state index contributed by atoms with van der Waals surface area (Å²) in [6, 6.07) is 14.4. The quantitative estimate of drug-likeness (QED) is 0.300. The zero-order valence-electron chi connectivity index (χ0n) is 19.2. The number of anilines is 4. The number of thiocarbonyl (C=S) groups is 1. The number of rotatable bonds is 6. The van der Waals surface area contributed by atoms with Crippen molar-refractivity contribution in [1.29, 1.82) is 0 Å². The van der Waals surface area contributed by atoms with Crippen molar-refractivity contribution < 1.29 is 17.2 Å². The number of para-hydroxylation sites is 1. The molecule has 0 saturated carbocycles. The van der Waals surface area contributed by atoms with Crippen LogP contribution in [0.2, 0.25) is 5.02 Å². The maximum Gasteiger partial charge on any atom is 0.262 e. The molecule has 190 valence electrons. The molecule has 0 aromatic heterocycles. The largest absolute Gasteiger partial charge is 0.370 e. The van der Waals surface area contributed by atoms with E-state index in [1.165, 1.54) is 18.2 Å². The molecule has 0 radical (unpaired) electrons. The summed E-state index contributed by atoms with van der Waals surface area (Å²) >= 11 is 11.5. The molecule has 11 heteroatoms. The molecule has 3 N–H and O–H groups in total. The molecule has 3 aromatic carbocycles. The zero-order valence-corrected chi connectivity index (χ0v) is 21.6. The summed E-state index contributed by atoms with van der Waals surface area (Å²) in [5.74, 6) is -1.50. The molecule has 3 aromatic rings. The molecule has 1 fully saturated rings.